The molecule has 2 N–H and O–H groups in total. The van der Waals surface area contributed by atoms with Crippen molar-refractivity contribution in [3.05, 3.63) is 29.8 Å². The van der Waals surface area contributed by atoms with Crippen LogP contribution in [0.5, 0.6) is 0 Å². The van der Waals surface area contributed by atoms with Crippen LogP contribution >= 0.6 is 0 Å². The topological polar surface area (TPSA) is 84.5 Å². The second-order valence-electron chi connectivity index (χ2n) is 6.06. The third-order valence-corrected chi connectivity index (χ3v) is 4.57. The first-order valence-corrected chi connectivity index (χ1v) is 9.85. The van der Waals surface area contributed by atoms with E-state index in [1.54, 1.807) is 24.3 Å². The maximum Gasteiger partial charge on any atom is 0.319 e. The number of hydrogen-bond donors (Lipinski definition) is 2. The minimum atomic E-state index is -3.16. The van der Waals surface area contributed by atoms with E-state index in [1.807, 2.05) is 6.92 Å². The number of urea groups is 1. The van der Waals surface area contributed by atoms with Gasteiger partial charge in [0.2, 0.25) is 0 Å². The summed E-state index contributed by atoms with van der Waals surface area (Å²) in [7, 11) is -3.16. The average Bonchev–Trinajstić information content (AvgIpc) is 2.46. The van der Waals surface area contributed by atoms with Gasteiger partial charge in [0, 0.05) is 18.5 Å². The average molecular weight is 340 g/mol. The van der Waals surface area contributed by atoms with Gasteiger partial charge >= 0.3 is 6.03 Å². The Balaban J connectivity index is 1.90. The fourth-order valence-corrected chi connectivity index (χ4v) is 3.49. The zero-order valence-corrected chi connectivity index (χ0v) is 14.4. The fraction of sp³-hybridized carbons (Fsp3) is 0.562. The Morgan fingerprint density at radius 1 is 1.30 bits per heavy atom. The van der Waals surface area contributed by atoms with Gasteiger partial charge in [-0.15, -0.1) is 0 Å². The highest BCUT2D eigenvalue weighted by Crippen LogP contribution is 2.19. The minimum Gasteiger partial charge on any atom is -0.373 e. The monoisotopic (exact) mass is 340 g/mol. The van der Waals surface area contributed by atoms with Crippen LogP contribution in [0.1, 0.15) is 31.7 Å². The molecule has 1 heterocycles. The molecule has 1 fully saturated rings. The molecule has 7 heteroatoms. The van der Waals surface area contributed by atoms with Crippen molar-refractivity contribution in [3.8, 4) is 0 Å². The Morgan fingerprint density at radius 2 is 2.04 bits per heavy atom. The number of sulfone groups is 1. The molecule has 0 spiro atoms. The molecule has 1 aromatic rings. The number of carbonyl (C=O) groups is 1. The first kappa shape index (κ1) is 17.7. The third kappa shape index (κ3) is 6.19. The number of rotatable bonds is 5. The van der Waals surface area contributed by atoms with Gasteiger partial charge in [0.1, 0.15) is 0 Å². The number of hydrogen-bond acceptors (Lipinski definition) is 4. The van der Waals surface area contributed by atoms with E-state index >= 15 is 0 Å². The van der Waals surface area contributed by atoms with Crippen LogP contribution in [0.25, 0.3) is 0 Å². The maximum atomic E-state index is 12.0. The number of benzene rings is 1. The number of para-hydroxylation sites is 1. The molecule has 2 rings (SSSR count). The molecule has 23 heavy (non-hydrogen) atoms. The predicted octanol–water partition coefficient (Wildman–Crippen LogP) is 2.31. The lowest BCUT2D eigenvalue weighted by Gasteiger charge is -2.28. The van der Waals surface area contributed by atoms with Crippen LogP contribution < -0.4 is 10.6 Å². The molecule has 1 aliphatic rings. The Hall–Kier alpha value is -1.60. The normalized spacial score (nSPS) is 21.7. The summed E-state index contributed by atoms with van der Waals surface area (Å²) in [6, 6.07) is 6.54. The number of anilines is 1. The minimum absolute atomic E-state index is 0.0377. The van der Waals surface area contributed by atoms with E-state index in [4.69, 9.17) is 4.74 Å². The lowest BCUT2D eigenvalue weighted by atomic mass is 10.1. The van der Waals surface area contributed by atoms with Gasteiger partial charge in [-0.05, 0) is 37.8 Å². The summed E-state index contributed by atoms with van der Waals surface area (Å²) in [5.74, 6) is -0.104. The molecule has 0 saturated carbocycles. The highest BCUT2D eigenvalue weighted by molar-refractivity contribution is 7.89. The van der Waals surface area contributed by atoms with Crippen molar-refractivity contribution < 1.29 is 17.9 Å². The second kappa shape index (κ2) is 7.79. The summed E-state index contributed by atoms with van der Waals surface area (Å²) >= 11 is 0. The van der Waals surface area contributed by atoms with Gasteiger partial charge in [-0.2, -0.15) is 0 Å². The summed E-state index contributed by atoms with van der Waals surface area (Å²) in [5, 5.41) is 5.50. The van der Waals surface area contributed by atoms with Gasteiger partial charge < -0.3 is 15.4 Å². The summed E-state index contributed by atoms with van der Waals surface area (Å²) in [4.78, 5) is 12.0. The molecular weight excluding hydrogens is 316 g/mol. The largest absolute Gasteiger partial charge is 0.373 e. The van der Waals surface area contributed by atoms with Crippen molar-refractivity contribution in [3.63, 3.8) is 0 Å². The predicted molar refractivity (Wildman–Crippen MR) is 90.2 cm³/mol. The van der Waals surface area contributed by atoms with Gasteiger partial charge in [0.15, 0.2) is 9.84 Å². The first-order valence-electron chi connectivity index (χ1n) is 7.79. The van der Waals surface area contributed by atoms with Crippen LogP contribution in [0.4, 0.5) is 10.5 Å². The van der Waals surface area contributed by atoms with Gasteiger partial charge in [0.25, 0.3) is 0 Å². The van der Waals surface area contributed by atoms with Gasteiger partial charge in [0.05, 0.1) is 18.0 Å². The van der Waals surface area contributed by atoms with Gasteiger partial charge in [-0.1, -0.05) is 18.2 Å². The van der Waals surface area contributed by atoms with Crippen LogP contribution in [0.3, 0.4) is 0 Å². The lowest BCUT2D eigenvalue weighted by Crippen LogP contribution is -2.39. The van der Waals surface area contributed by atoms with E-state index in [2.05, 4.69) is 10.6 Å². The maximum absolute atomic E-state index is 12.0. The molecule has 2 amide bonds. The summed E-state index contributed by atoms with van der Waals surface area (Å²) in [6.45, 7) is 2.48. The lowest BCUT2D eigenvalue weighted by molar-refractivity contribution is -0.0367. The number of nitrogens with one attached hydrogen (secondary N) is 2. The molecule has 128 valence electrons. The van der Waals surface area contributed by atoms with Crippen molar-refractivity contribution in [1.82, 2.24) is 5.32 Å². The summed E-state index contributed by atoms with van der Waals surface area (Å²) < 4.78 is 28.7. The van der Waals surface area contributed by atoms with Crippen LogP contribution in [-0.2, 0) is 20.3 Å². The van der Waals surface area contributed by atoms with Crippen molar-refractivity contribution in [2.45, 2.75) is 44.1 Å². The van der Waals surface area contributed by atoms with Crippen LogP contribution in [0, 0.1) is 0 Å². The Labute approximate surface area is 137 Å². The van der Waals surface area contributed by atoms with Crippen LogP contribution in [0.2, 0.25) is 0 Å². The smallest absolute Gasteiger partial charge is 0.319 e. The first-order chi connectivity index (χ1) is 10.8. The molecule has 1 aromatic carbocycles. The van der Waals surface area contributed by atoms with Crippen molar-refractivity contribution in [1.29, 1.82) is 0 Å². The number of amides is 2. The molecule has 2 unspecified atom stereocenters. The van der Waals surface area contributed by atoms with Crippen molar-refractivity contribution in [2.24, 2.45) is 0 Å². The molecule has 0 aromatic heterocycles. The molecule has 0 radical (unpaired) electrons. The molecule has 6 nitrogen and oxygen atoms in total. The SMILES string of the molecule is CC1CCCC(CNC(=O)Nc2ccccc2CS(C)(=O)=O)O1. The van der Waals surface area contributed by atoms with E-state index in [0.29, 0.717) is 17.8 Å². The van der Waals surface area contributed by atoms with E-state index in [1.165, 1.54) is 6.26 Å². The van der Waals surface area contributed by atoms with Crippen molar-refractivity contribution in [2.75, 3.05) is 18.1 Å². The molecule has 1 saturated heterocycles. The molecule has 0 bridgehead atoms. The van der Waals surface area contributed by atoms with Crippen molar-refractivity contribution >= 4 is 21.6 Å². The molecule has 0 aliphatic carbocycles. The zero-order chi connectivity index (χ0) is 16.9. The second-order valence-corrected chi connectivity index (χ2v) is 8.20. The summed E-state index contributed by atoms with van der Waals surface area (Å²) in [5.41, 5.74) is 1.08. The third-order valence-electron chi connectivity index (χ3n) is 3.74. The fourth-order valence-electron chi connectivity index (χ4n) is 2.67. The zero-order valence-electron chi connectivity index (χ0n) is 13.5. The molecule has 1 aliphatic heterocycles. The molecule has 2 atom stereocenters. The van der Waals surface area contributed by atoms with E-state index in [9.17, 15) is 13.2 Å². The number of ether oxygens (including phenoxy) is 1. The van der Waals surface area contributed by atoms with Crippen LogP contribution in [0.15, 0.2) is 24.3 Å². The van der Waals surface area contributed by atoms with Crippen LogP contribution in [-0.4, -0.2) is 39.5 Å². The Morgan fingerprint density at radius 3 is 2.74 bits per heavy atom. The quantitative estimate of drug-likeness (QED) is 0.861. The van der Waals surface area contributed by atoms with E-state index in [0.717, 1.165) is 19.3 Å². The number of carbonyl (C=O) groups excluding carboxylic acids is 1. The van der Waals surface area contributed by atoms with Gasteiger partial charge in [-0.3, -0.25) is 0 Å². The standard InChI is InChI=1S/C16H24N2O4S/c1-12-6-5-8-14(22-12)10-17-16(19)18-15-9-4-3-7-13(15)11-23(2,20)21/h3-4,7,9,12,14H,5-6,8,10-11H2,1-2H3,(H2,17,18,19). The Kier molecular flexibility index (Phi) is 6.01. The highest BCUT2D eigenvalue weighted by Gasteiger charge is 2.19. The van der Waals surface area contributed by atoms with E-state index < -0.39 is 9.84 Å². The van der Waals surface area contributed by atoms with E-state index in [-0.39, 0.29) is 24.0 Å². The highest BCUT2D eigenvalue weighted by atomic mass is 32.2. The molecular formula is C16H24N2O4S. The Bertz CT molecular complexity index is 645. The van der Waals surface area contributed by atoms with Gasteiger partial charge in [-0.25, -0.2) is 13.2 Å². The summed E-state index contributed by atoms with van der Waals surface area (Å²) in [6.07, 6.45) is 4.54.